The molecule has 0 rings (SSSR count). The smallest absolute Gasteiger partial charge is 0.00870 e. The minimum absolute atomic E-state index is 0.369. The van der Waals surface area contributed by atoms with Crippen LogP contribution < -0.4 is 5.32 Å². The molecule has 0 amide bonds. The molecule has 1 heteroatoms. The molecule has 0 saturated heterocycles. The van der Waals surface area contributed by atoms with Crippen LogP contribution in [0.1, 0.15) is 40.5 Å². The van der Waals surface area contributed by atoms with Crippen LogP contribution in [0.25, 0.3) is 0 Å². The van der Waals surface area contributed by atoms with Crippen molar-refractivity contribution in [3.63, 3.8) is 0 Å². The Morgan fingerprint density at radius 2 is 2.00 bits per heavy atom. The molecular weight excluding hydrogens is 146 g/mol. The Bertz CT molecular complexity index is 147. The van der Waals surface area contributed by atoms with E-state index in [9.17, 15) is 0 Å². The fourth-order valence-corrected chi connectivity index (χ4v) is 1.14. The third kappa shape index (κ3) is 3.91. The molecule has 12 heavy (non-hydrogen) atoms. The van der Waals surface area contributed by atoms with Gasteiger partial charge in [-0.1, -0.05) is 19.4 Å². The highest BCUT2D eigenvalue weighted by Crippen LogP contribution is 2.27. The van der Waals surface area contributed by atoms with Crippen LogP contribution in [0.15, 0.2) is 12.2 Å². The molecule has 0 aliphatic heterocycles. The van der Waals surface area contributed by atoms with Gasteiger partial charge in [0.1, 0.15) is 0 Å². The summed E-state index contributed by atoms with van der Waals surface area (Å²) in [4.78, 5) is 0. The van der Waals surface area contributed by atoms with Crippen LogP contribution in [0.3, 0.4) is 0 Å². The molecule has 0 heterocycles. The van der Waals surface area contributed by atoms with Crippen molar-refractivity contribution in [2.24, 2.45) is 5.41 Å². The van der Waals surface area contributed by atoms with E-state index in [1.54, 1.807) is 0 Å². The maximum Gasteiger partial charge on any atom is 0.00870 e. The van der Waals surface area contributed by atoms with Crippen LogP contribution in [-0.2, 0) is 0 Å². The van der Waals surface area contributed by atoms with E-state index in [0.29, 0.717) is 11.5 Å². The van der Waals surface area contributed by atoms with Gasteiger partial charge >= 0.3 is 0 Å². The topological polar surface area (TPSA) is 12.0 Å². The zero-order chi connectivity index (χ0) is 9.78. The van der Waals surface area contributed by atoms with Gasteiger partial charge in [-0.3, -0.25) is 0 Å². The maximum absolute atomic E-state index is 3.92. The second-order valence-corrected chi connectivity index (χ2v) is 4.46. The minimum atomic E-state index is 0.369. The van der Waals surface area contributed by atoms with E-state index in [1.807, 2.05) is 7.05 Å². The van der Waals surface area contributed by atoms with Gasteiger partial charge in [0, 0.05) is 6.04 Å². The van der Waals surface area contributed by atoms with Crippen LogP contribution in [0.4, 0.5) is 0 Å². The molecule has 0 spiro atoms. The van der Waals surface area contributed by atoms with E-state index in [-0.39, 0.29) is 0 Å². The van der Waals surface area contributed by atoms with E-state index in [0.717, 1.165) is 6.42 Å². The average molecular weight is 169 g/mol. The van der Waals surface area contributed by atoms with Gasteiger partial charge in [-0.05, 0) is 39.2 Å². The Balaban J connectivity index is 3.94. The molecular formula is C11H23N. The van der Waals surface area contributed by atoms with Gasteiger partial charge in [0.2, 0.25) is 0 Å². The molecule has 0 aliphatic carbocycles. The lowest BCUT2D eigenvalue weighted by Crippen LogP contribution is -2.37. The highest BCUT2D eigenvalue weighted by Gasteiger charge is 2.23. The number of nitrogens with one attached hydrogen (secondary N) is 1. The average Bonchev–Trinajstić information content (AvgIpc) is 1.99. The summed E-state index contributed by atoms with van der Waals surface area (Å²) in [5.74, 6) is 0. The van der Waals surface area contributed by atoms with Crippen LogP contribution in [-0.4, -0.2) is 13.1 Å². The van der Waals surface area contributed by atoms with Crippen molar-refractivity contribution in [2.75, 3.05) is 7.05 Å². The molecule has 0 saturated carbocycles. The van der Waals surface area contributed by atoms with Gasteiger partial charge in [-0.25, -0.2) is 0 Å². The molecule has 0 bridgehead atoms. The molecule has 1 nitrogen and oxygen atoms in total. The first kappa shape index (κ1) is 11.7. The monoisotopic (exact) mass is 169 g/mol. The van der Waals surface area contributed by atoms with Crippen molar-refractivity contribution in [3.05, 3.63) is 12.2 Å². The minimum Gasteiger partial charge on any atom is -0.317 e. The zero-order valence-electron chi connectivity index (χ0n) is 9.20. The van der Waals surface area contributed by atoms with Crippen LogP contribution in [0.5, 0.6) is 0 Å². The molecule has 0 aliphatic rings. The Hall–Kier alpha value is -0.300. The van der Waals surface area contributed by atoms with Gasteiger partial charge in [0.15, 0.2) is 0 Å². The molecule has 0 fully saturated rings. The number of hydrogen-bond acceptors (Lipinski definition) is 1. The Morgan fingerprint density at radius 3 is 2.33 bits per heavy atom. The lowest BCUT2D eigenvalue weighted by molar-refractivity contribution is 0.248. The van der Waals surface area contributed by atoms with Crippen LogP contribution in [0.2, 0.25) is 0 Å². The maximum atomic E-state index is 3.92. The summed E-state index contributed by atoms with van der Waals surface area (Å²) in [5, 5.41) is 3.30. The van der Waals surface area contributed by atoms with E-state index in [4.69, 9.17) is 0 Å². The van der Waals surface area contributed by atoms with Crippen molar-refractivity contribution in [1.29, 1.82) is 0 Å². The fraction of sp³-hybridized carbons (Fsp3) is 0.818. The molecule has 1 atom stereocenters. The van der Waals surface area contributed by atoms with E-state index >= 15 is 0 Å². The predicted octanol–water partition coefficient (Wildman–Crippen LogP) is 2.98. The Labute approximate surface area is 77.2 Å². The summed E-state index contributed by atoms with van der Waals surface area (Å²) >= 11 is 0. The van der Waals surface area contributed by atoms with E-state index in [1.165, 1.54) is 12.0 Å². The van der Waals surface area contributed by atoms with Crippen LogP contribution in [0, 0.1) is 5.41 Å². The second-order valence-electron chi connectivity index (χ2n) is 4.46. The first-order chi connectivity index (χ1) is 5.40. The highest BCUT2D eigenvalue weighted by atomic mass is 14.9. The summed E-state index contributed by atoms with van der Waals surface area (Å²) in [6, 6.07) is 0.567. The SMILES string of the molecule is C=C(C)CCC(C)(C)C(C)NC. The first-order valence-corrected chi connectivity index (χ1v) is 4.72. The summed E-state index contributed by atoms with van der Waals surface area (Å²) in [6.45, 7) is 12.9. The number of hydrogen-bond donors (Lipinski definition) is 1. The predicted molar refractivity (Wildman–Crippen MR) is 56.4 cm³/mol. The fourth-order valence-electron chi connectivity index (χ4n) is 1.14. The largest absolute Gasteiger partial charge is 0.317 e. The molecule has 1 N–H and O–H groups in total. The number of allylic oxidation sites excluding steroid dienone is 1. The van der Waals surface area contributed by atoms with Gasteiger partial charge in [-0.2, -0.15) is 0 Å². The summed E-state index contributed by atoms with van der Waals surface area (Å²) < 4.78 is 0. The van der Waals surface area contributed by atoms with E-state index in [2.05, 4.69) is 39.6 Å². The van der Waals surface area contributed by atoms with Gasteiger partial charge < -0.3 is 5.32 Å². The van der Waals surface area contributed by atoms with Crippen molar-refractivity contribution in [1.82, 2.24) is 5.32 Å². The Kier molecular flexibility index (Phi) is 4.54. The first-order valence-electron chi connectivity index (χ1n) is 4.72. The van der Waals surface area contributed by atoms with Gasteiger partial charge in [-0.15, -0.1) is 6.58 Å². The third-order valence-corrected chi connectivity index (χ3v) is 2.80. The molecule has 0 aromatic rings. The molecule has 0 aromatic heterocycles. The lowest BCUT2D eigenvalue weighted by Gasteiger charge is -2.31. The Morgan fingerprint density at radius 1 is 1.50 bits per heavy atom. The normalized spacial score (nSPS) is 14.4. The quantitative estimate of drug-likeness (QED) is 0.624. The summed E-state index contributed by atoms with van der Waals surface area (Å²) in [6.07, 6.45) is 2.35. The summed E-state index contributed by atoms with van der Waals surface area (Å²) in [5.41, 5.74) is 1.65. The highest BCUT2D eigenvalue weighted by molar-refractivity contribution is 4.91. The zero-order valence-corrected chi connectivity index (χ0v) is 9.20. The molecule has 0 aromatic carbocycles. The van der Waals surface area contributed by atoms with Gasteiger partial charge in [0.05, 0.1) is 0 Å². The van der Waals surface area contributed by atoms with Gasteiger partial charge in [0.25, 0.3) is 0 Å². The summed E-state index contributed by atoms with van der Waals surface area (Å²) in [7, 11) is 2.02. The lowest BCUT2D eigenvalue weighted by atomic mass is 9.80. The third-order valence-electron chi connectivity index (χ3n) is 2.80. The second kappa shape index (κ2) is 4.66. The van der Waals surface area contributed by atoms with E-state index < -0.39 is 0 Å². The van der Waals surface area contributed by atoms with Crippen molar-refractivity contribution in [3.8, 4) is 0 Å². The van der Waals surface area contributed by atoms with Crippen molar-refractivity contribution < 1.29 is 0 Å². The standard InChI is InChI=1S/C11H23N/c1-9(2)7-8-11(4,5)10(3)12-6/h10,12H,1,7-8H2,2-6H3. The molecule has 1 unspecified atom stereocenters. The number of rotatable bonds is 5. The molecule has 72 valence electrons. The van der Waals surface area contributed by atoms with Crippen molar-refractivity contribution >= 4 is 0 Å². The van der Waals surface area contributed by atoms with Crippen molar-refractivity contribution in [2.45, 2.75) is 46.6 Å². The van der Waals surface area contributed by atoms with Crippen LogP contribution >= 0.6 is 0 Å². The molecule has 0 radical (unpaired) electrons.